The number of anilines is 1. The van der Waals surface area contributed by atoms with Gasteiger partial charge in [-0.3, -0.25) is 0 Å². The van der Waals surface area contributed by atoms with E-state index in [2.05, 4.69) is 44.8 Å². The van der Waals surface area contributed by atoms with Crippen molar-refractivity contribution in [3.63, 3.8) is 0 Å². The molecule has 14 heavy (non-hydrogen) atoms. The normalized spacial score (nSPS) is 10.1. The average Bonchev–Trinajstić information content (AvgIpc) is 2.15. The lowest BCUT2D eigenvalue weighted by Gasteiger charge is -2.15. The highest BCUT2D eigenvalue weighted by molar-refractivity contribution is 7.80. The second kappa shape index (κ2) is 4.60. The molecule has 0 saturated carbocycles. The van der Waals surface area contributed by atoms with Crippen molar-refractivity contribution in [2.24, 2.45) is 0 Å². The van der Waals surface area contributed by atoms with E-state index in [4.69, 9.17) is 4.74 Å². The van der Waals surface area contributed by atoms with Gasteiger partial charge in [-0.1, -0.05) is 0 Å². The summed E-state index contributed by atoms with van der Waals surface area (Å²) < 4.78 is 5.34. The van der Waals surface area contributed by atoms with E-state index in [1.807, 2.05) is 0 Å². The van der Waals surface area contributed by atoms with Crippen LogP contribution in [0.15, 0.2) is 6.07 Å². The summed E-state index contributed by atoms with van der Waals surface area (Å²) >= 11 is 4.15. The van der Waals surface area contributed by atoms with Gasteiger partial charge in [-0.05, 0) is 43.5 Å². The number of aryl methyl sites for hydroxylation is 1. The third-order valence-corrected chi connectivity index (χ3v) is 2.66. The molecular weight excluding hydrogens is 194 g/mol. The lowest BCUT2D eigenvalue weighted by Crippen LogP contribution is -2.01. The van der Waals surface area contributed by atoms with Crippen molar-refractivity contribution in [1.82, 2.24) is 0 Å². The third kappa shape index (κ3) is 1.98. The Kier molecular flexibility index (Phi) is 3.69. The van der Waals surface area contributed by atoms with Gasteiger partial charge >= 0.3 is 0 Å². The summed E-state index contributed by atoms with van der Waals surface area (Å²) in [6.45, 7) is 6.21. The summed E-state index contributed by atoms with van der Waals surface area (Å²) in [6.07, 6.45) is 0. The van der Waals surface area contributed by atoms with Gasteiger partial charge in [-0.25, -0.2) is 0 Å². The minimum Gasteiger partial charge on any atom is -0.496 e. The molecule has 1 aromatic carbocycles. The Hall–Kier alpha value is -0.830. The predicted octanol–water partition coefficient (Wildman–Crippen LogP) is 2.92. The standard InChI is InChI=1S/C11H17NOS/c1-7-5-10(12-6-14)8(2)9(3)11(7)13-4/h5,12,14H,6H2,1-4H3. The van der Waals surface area contributed by atoms with Crippen LogP contribution in [0.2, 0.25) is 0 Å². The second-order valence-electron chi connectivity index (χ2n) is 3.36. The monoisotopic (exact) mass is 211 g/mol. The Labute approximate surface area is 91.1 Å². The smallest absolute Gasteiger partial charge is 0.125 e. The molecule has 0 bridgehead atoms. The number of nitrogens with one attached hydrogen (secondary N) is 1. The predicted molar refractivity (Wildman–Crippen MR) is 64.7 cm³/mol. The number of rotatable bonds is 3. The van der Waals surface area contributed by atoms with E-state index in [0.29, 0.717) is 5.88 Å². The highest BCUT2D eigenvalue weighted by Crippen LogP contribution is 2.31. The van der Waals surface area contributed by atoms with E-state index < -0.39 is 0 Å². The van der Waals surface area contributed by atoms with E-state index in [0.717, 1.165) is 17.0 Å². The van der Waals surface area contributed by atoms with Crippen LogP contribution in [0.1, 0.15) is 16.7 Å². The SMILES string of the molecule is COc1c(C)cc(NCS)c(C)c1C. The molecule has 0 heterocycles. The average molecular weight is 211 g/mol. The molecular formula is C11H17NOS. The maximum atomic E-state index is 5.34. The van der Waals surface area contributed by atoms with Crippen molar-refractivity contribution in [2.75, 3.05) is 18.3 Å². The van der Waals surface area contributed by atoms with Crippen LogP contribution >= 0.6 is 12.6 Å². The van der Waals surface area contributed by atoms with E-state index in [9.17, 15) is 0 Å². The largest absolute Gasteiger partial charge is 0.496 e. The van der Waals surface area contributed by atoms with Crippen molar-refractivity contribution in [1.29, 1.82) is 0 Å². The molecule has 0 aliphatic carbocycles. The Bertz CT molecular complexity index is 337. The zero-order valence-electron chi connectivity index (χ0n) is 9.14. The first kappa shape index (κ1) is 11.2. The molecule has 0 unspecified atom stereocenters. The quantitative estimate of drug-likeness (QED) is 0.592. The van der Waals surface area contributed by atoms with Gasteiger partial charge in [0.25, 0.3) is 0 Å². The molecule has 1 N–H and O–H groups in total. The molecule has 3 heteroatoms. The number of thiol groups is 1. The molecule has 0 fully saturated rings. The minimum absolute atomic E-state index is 0.645. The Morgan fingerprint density at radius 3 is 2.43 bits per heavy atom. The zero-order valence-corrected chi connectivity index (χ0v) is 10.0. The molecule has 0 spiro atoms. The highest BCUT2D eigenvalue weighted by Gasteiger charge is 2.09. The van der Waals surface area contributed by atoms with Crippen LogP contribution in [0.25, 0.3) is 0 Å². The summed E-state index contributed by atoms with van der Waals surface area (Å²) in [7, 11) is 1.71. The van der Waals surface area contributed by atoms with Crippen LogP contribution in [0.4, 0.5) is 5.69 Å². The van der Waals surface area contributed by atoms with Crippen molar-refractivity contribution >= 4 is 18.3 Å². The van der Waals surface area contributed by atoms with Gasteiger partial charge in [-0.15, -0.1) is 0 Å². The first-order chi connectivity index (χ1) is 6.61. The third-order valence-electron chi connectivity index (χ3n) is 2.50. The van der Waals surface area contributed by atoms with E-state index in [-0.39, 0.29) is 0 Å². The van der Waals surface area contributed by atoms with Crippen LogP contribution in [0, 0.1) is 20.8 Å². The van der Waals surface area contributed by atoms with Gasteiger partial charge in [-0.2, -0.15) is 12.6 Å². The number of methoxy groups -OCH3 is 1. The fourth-order valence-electron chi connectivity index (χ4n) is 1.64. The van der Waals surface area contributed by atoms with Crippen LogP contribution in [-0.2, 0) is 0 Å². The van der Waals surface area contributed by atoms with Gasteiger partial charge in [0.05, 0.1) is 13.0 Å². The summed E-state index contributed by atoms with van der Waals surface area (Å²) in [4.78, 5) is 0. The van der Waals surface area contributed by atoms with E-state index in [1.54, 1.807) is 7.11 Å². The number of hydrogen-bond donors (Lipinski definition) is 2. The van der Waals surface area contributed by atoms with Gasteiger partial charge < -0.3 is 10.1 Å². The first-order valence-electron chi connectivity index (χ1n) is 4.61. The highest BCUT2D eigenvalue weighted by atomic mass is 32.1. The van der Waals surface area contributed by atoms with Crippen molar-refractivity contribution in [3.05, 3.63) is 22.8 Å². The van der Waals surface area contributed by atoms with Crippen molar-refractivity contribution in [2.45, 2.75) is 20.8 Å². The fraction of sp³-hybridized carbons (Fsp3) is 0.455. The maximum Gasteiger partial charge on any atom is 0.125 e. The molecule has 1 rings (SSSR count). The molecule has 78 valence electrons. The fourth-order valence-corrected chi connectivity index (χ4v) is 1.81. The minimum atomic E-state index is 0.645. The van der Waals surface area contributed by atoms with Crippen LogP contribution < -0.4 is 10.1 Å². The lowest BCUT2D eigenvalue weighted by atomic mass is 10.0. The molecule has 0 aliphatic heterocycles. The Morgan fingerprint density at radius 2 is 1.93 bits per heavy atom. The molecule has 0 radical (unpaired) electrons. The van der Waals surface area contributed by atoms with Crippen LogP contribution in [0.3, 0.4) is 0 Å². The first-order valence-corrected chi connectivity index (χ1v) is 5.24. The van der Waals surface area contributed by atoms with Gasteiger partial charge in [0.1, 0.15) is 5.75 Å². The van der Waals surface area contributed by atoms with Gasteiger partial charge in [0, 0.05) is 5.69 Å². The maximum absolute atomic E-state index is 5.34. The van der Waals surface area contributed by atoms with Gasteiger partial charge in [0.15, 0.2) is 0 Å². The summed E-state index contributed by atoms with van der Waals surface area (Å²) in [5, 5.41) is 3.22. The van der Waals surface area contributed by atoms with Crippen LogP contribution in [-0.4, -0.2) is 13.0 Å². The van der Waals surface area contributed by atoms with Crippen molar-refractivity contribution in [3.8, 4) is 5.75 Å². The number of ether oxygens (including phenoxy) is 1. The van der Waals surface area contributed by atoms with E-state index in [1.165, 1.54) is 11.1 Å². The lowest BCUT2D eigenvalue weighted by molar-refractivity contribution is 0.408. The second-order valence-corrected chi connectivity index (χ2v) is 3.68. The topological polar surface area (TPSA) is 21.3 Å². The summed E-state index contributed by atoms with van der Waals surface area (Å²) in [5.74, 6) is 1.62. The molecule has 1 aromatic rings. The number of benzene rings is 1. The molecule has 2 nitrogen and oxygen atoms in total. The van der Waals surface area contributed by atoms with Gasteiger partial charge in [0.2, 0.25) is 0 Å². The summed E-state index contributed by atoms with van der Waals surface area (Å²) in [6, 6.07) is 2.09. The van der Waals surface area contributed by atoms with Crippen molar-refractivity contribution < 1.29 is 4.74 Å². The number of hydrogen-bond acceptors (Lipinski definition) is 3. The molecule has 0 aliphatic rings. The van der Waals surface area contributed by atoms with Crippen LogP contribution in [0.5, 0.6) is 5.75 Å². The Morgan fingerprint density at radius 1 is 1.29 bits per heavy atom. The zero-order chi connectivity index (χ0) is 10.7. The van der Waals surface area contributed by atoms with E-state index >= 15 is 0 Å². The molecule has 0 amide bonds. The molecule has 0 aromatic heterocycles. The summed E-state index contributed by atoms with van der Waals surface area (Å²) in [5.41, 5.74) is 4.70. The molecule has 0 saturated heterocycles. The molecule has 0 atom stereocenters. The Balaban J connectivity index is 3.25.